The zero-order chi connectivity index (χ0) is 20.5. The third-order valence-corrected chi connectivity index (χ3v) is 5.63. The summed E-state index contributed by atoms with van der Waals surface area (Å²) in [4.78, 5) is 26.0. The van der Waals surface area contributed by atoms with Crippen LogP contribution in [-0.2, 0) is 16.0 Å². The van der Waals surface area contributed by atoms with Gasteiger partial charge in [-0.1, -0.05) is 12.1 Å². The molecule has 2 N–H and O–H groups in total. The normalized spacial score (nSPS) is 19.4. The first-order valence-electron chi connectivity index (χ1n) is 10.4. The second-order valence-corrected chi connectivity index (χ2v) is 7.62. The van der Waals surface area contributed by atoms with Gasteiger partial charge in [-0.05, 0) is 63.8 Å². The Morgan fingerprint density at radius 2 is 1.96 bits per heavy atom. The molecule has 0 bridgehead atoms. The van der Waals surface area contributed by atoms with Gasteiger partial charge in [0.2, 0.25) is 11.8 Å². The minimum atomic E-state index is 0.0751. The van der Waals surface area contributed by atoms with E-state index >= 15 is 0 Å². The molecule has 2 rings (SSSR count). The van der Waals surface area contributed by atoms with Crippen LogP contribution in [0, 0.1) is 6.92 Å². The van der Waals surface area contributed by atoms with Crippen LogP contribution in [0.3, 0.4) is 0 Å². The number of aryl methyl sites for hydroxylation is 2. The molecule has 0 saturated carbocycles. The van der Waals surface area contributed by atoms with E-state index in [-0.39, 0.29) is 17.9 Å². The largest absolute Gasteiger partial charge is 0.494 e. The first-order chi connectivity index (χ1) is 13.4. The predicted molar refractivity (Wildman–Crippen MR) is 112 cm³/mol. The molecule has 1 aromatic rings. The number of benzene rings is 1. The van der Waals surface area contributed by atoms with Crippen LogP contribution in [0.5, 0.6) is 5.75 Å². The number of carbonyl (C=O) groups is 2. The van der Waals surface area contributed by atoms with Crippen LogP contribution < -0.4 is 15.4 Å². The van der Waals surface area contributed by atoms with Gasteiger partial charge in [-0.25, -0.2) is 0 Å². The highest BCUT2D eigenvalue weighted by atomic mass is 16.5. The Hall–Kier alpha value is -2.08. The first kappa shape index (κ1) is 22.2. The lowest BCUT2D eigenvalue weighted by atomic mass is 10.0. The third kappa shape index (κ3) is 6.51. The minimum absolute atomic E-state index is 0.0751. The van der Waals surface area contributed by atoms with Crippen molar-refractivity contribution >= 4 is 11.8 Å². The highest BCUT2D eigenvalue weighted by molar-refractivity contribution is 5.76. The van der Waals surface area contributed by atoms with Gasteiger partial charge in [-0.3, -0.25) is 14.5 Å². The fraction of sp³-hybridized carbons (Fsp3) is 0.636. The molecular formula is C22H35N3O3. The van der Waals surface area contributed by atoms with Crippen LogP contribution in [0.1, 0.15) is 50.2 Å². The molecule has 156 valence electrons. The van der Waals surface area contributed by atoms with Gasteiger partial charge in [0.1, 0.15) is 5.75 Å². The van der Waals surface area contributed by atoms with Crippen molar-refractivity contribution in [2.75, 3.05) is 27.2 Å². The highest BCUT2D eigenvalue weighted by Gasteiger charge is 2.31. The number of amides is 2. The molecule has 6 nitrogen and oxygen atoms in total. The van der Waals surface area contributed by atoms with Crippen LogP contribution >= 0.6 is 0 Å². The lowest BCUT2D eigenvalue weighted by Crippen LogP contribution is -2.42. The van der Waals surface area contributed by atoms with Gasteiger partial charge >= 0.3 is 0 Å². The summed E-state index contributed by atoms with van der Waals surface area (Å²) in [6.07, 6.45) is 4.80. The minimum Gasteiger partial charge on any atom is -0.494 e. The second kappa shape index (κ2) is 11.1. The van der Waals surface area contributed by atoms with Crippen molar-refractivity contribution in [3.8, 4) is 5.75 Å². The van der Waals surface area contributed by atoms with Gasteiger partial charge in [0.15, 0.2) is 0 Å². The van der Waals surface area contributed by atoms with E-state index in [0.29, 0.717) is 32.0 Å². The third-order valence-electron chi connectivity index (χ3n) is 5.63. The van der Waals surface area contributed by atoms with E-state index in [9.17, 15) is 9.59 Å². The highest BCUT2D eigenvalue weighted by Crippen LogP contribution is 2.24. The van der Waals surface area contributed by atoms with Crippen molar-refractivity contribution in [3.63, 3.8) is 0 Å². The lowest BCUT2D eigenvalue weighted by Gasteiger charge is -2.25. The zero-order valence-corrected chi connectivity index (χ0v) is 17.7. The van der Waals surface area contributed by atoms with Crippen molar-refractivity contribution in [1.29, 1.82) is 0 Å². The number of hydrogen-bond donors (Lipinski definition) is 2. The van der Waals surface area contributed by atoms with E-state index in [0.717, 1.165) is 37.0 Å². The molecule has 2 atom stereocenters. The maximum atomic E-state index is 12.2. The number of ether oxygens (including phenoxy) is 1. The van der Waals surface area contributed by atoms with E-state index < -0.39 is 0 Å². The lowest BCUT2D eigenvalue weighted by molar-refractivity contribution is -0.122. The van der Waals surface area contributed by atoms with Crippen molar-refractivity contribution in [1.82, 2.24) is 15.5 Å². The van der Waals surface area contributed by atoms with Crippen LogP contribution in [0.25, 0.3) is 0 Å². The Bertz CT molecular complexity index is 662. The summed E-state index contributed by atoms with van der Waals surface area (Å²) in [6.45, 7) is 5.36. The number of nitrogens with zero attached hydrogens (tertiary/aromatic N) is 1. The van der Waals surface area contributed by atoms with Gasteiger partial charge in [-0.2, -0.15) is 0 Å². The summed E-state index contributed by atoms with van der Waals surface area (Å²) in [5, 5.41) is 5.75. The fourth-order valence-electron chi connectivity index (χ4n) is 3.86. The molecule has 2 amide bonds. The van der Waals surface area contributed by atoms with E-state index in [1.165, 1.54) is 5.56 Å². The van der Waals surface area contributed by atoms with Gasteiger partial charge < -0.3 is 15.4 Å². The zero-order valence-electron chi connectivity index (χ0n) is 17.7. The number of hydrogen-bond acceptors (Lipinski definition) is 4. The smallest absolute Gasteiger partial charge is 0.221 e. The van der Waals surface area contributed by atoms with Crippen LogP contribution in [0.15, 0.2) is 18.2 Å². The summed E-state index contributed by atoms with van der Waals surface area (Å²) in [5.74, 6) is 1.11. The molecule has 0 radical (unpaired) electrons. The van der Waals surface area contributed by atoms with Crippen LogP contribution in [-0.4, -0.2) is 56.0 Å². The number of nitrogens with one attached hydrogen (secondary N) is 2. The molecule has 1 aromatic carbocycles. The van der Waals surface area contributed by atoms with Gasteiger partial charge in [0.05, 0.1) is 6.61 Å². The topological polar surface area (TPSA) is 70.7 Å². The molecule has 0 aliphatic carbocycles. The van der Waals surface area contributed by atoms with Gasteiger partial charge in [0, 0.05) is 38.5 Å². The SMILES string of the molecule is CCOc1ccc(CCCC(=O)NC[C@@H]2CC[C@H](CC(=O)NC)N2C)cc1C. The van der Waals surface area contributed by atoms with Crippen LogP contribution in [0.4, 0.5) is 0 Å². The summed E-state index contributed by atoms with van der Waals surface area (Å²) in [5.41, 5.74) is 2.38. The van der Waals surface area contributed by atoms with E-state index in [1.54, 1.807) is 7.05 Å². The average Bonchev–Trinajstić information content (AvgIpc) is 3.02. The molecule has 0 unspecified atom stereocenters. The molecule has 28 heavy (non-hydrogen) atoms. The first-order valence-corrected chi connectivity index (χ1v) is 10.4. The molecular weight excluding hydrogens is 354 g/mol. The molecule has 6 heteroatoms. The van der Waals surface area contributed by atoms with E-state index in [2.05, 4.69) is 34.6 Å². The Balaban J connectivity index is 1.68. The second-order valence-electron chi connectivity index (χ2n) is 7.62. The fourth-order valence-corrected chi connectivity index (χ4v) is 3.86. The van der Waals surface area contributed by atoms with E-state index in [1.807, 2.05) is 20.0 Å². The van der Waals surface area contributed by atoms with Crippen molar-refractivity contribution in [3.05, 3.63) is 29.3 Å². The number of carbonyl (C=O) groups excluding carboxylic acids is 2. The van der Waals surface area contributed by atoms with Gasteiger partial charge in [-0.15, -0.1) is 0 Å². The van der Waals surface area contributed by atoms with Crippen molar-refractivity contribution < 1.29 is 14.3 Å². The van der Waals surface area contributed by atoms with Crippen molar-refractivity contribution in [2.45, 2.75) is 64.5 Å². The monoisotopic (exact) mass is 389 g/mol. The standard InChI is InChI=1S/C22H35N3O3/c1-5-28-20-12-9-17(13-16(20)2)7-6-8-21(26)24-15-19-11-10-18(25(19)4)14-22(27)23-3/h9,12-13,18-19H,5-8,10-11,14-15H2,1-4H3,(H,23,27)(H,24,26)/t18-,19+/m1/s1. The van der Waals surface area contributed by atoms with Crippen LogP contribution in [0.2, 0.25) is 0 Å². The molecule has 1 aliphatic rings. The molecule has 1 heterocycles. The Kier molecular flexibility index (Phi) is 8.77. The maximum Gasteiger partial charge on any atom is 0.221 e. The Labute approximate surface area is 169 Å². The Morgan fingerprint density at radius 3 is 2.64 bits per heavy atom. The summed E-state index contributed by atoms with van der Waals surface area (Å²) < 4.78 is 5.57. The average molecular weight is 390 g/mol. The molecule has 1 fully saturated rings. The quantitative estimate of drug-likeness (QED) is 0.645. The van der Waals surface area contributed by atoms with Gasteiger partial charge in [0.25, 0.3) is 0 Å². The molecule has 0 aromatic heterocycles. The molecule has 1 saturated heterocycles. The molecule has 0 spiro atoms. The summed E-state index contributed by atoms with van der Waals surface area (Å²) >= 11 is 0. The van der Waals surface area contributed by atoms with Crippen molar-refractivity contribution in [2.24, 2.45) is 0 Å². The molecule has 1 aliphatic heterocycles. The number of rotatable bonds is 10. The summed E-state index contributed by atoms with van der Waals surface area (Å²) in [6, 6.07) is 6.82. The number of likely N-dealkylation sites (tertiary alicyclic amines) is 1. The predicted octanol–water partition coefficient (Wildman–Crippen LogP) is 2.43. The maximum absolute atomic E-state index is 12.2. The Morgan fingerprint density at radius 1 is 1.21 bits per heavy atom. The number of likely N-dealkylation sites (N-methyl/N-ethyl adjacent to an activating group) is 1. The summed E-state index contributed by atoms with van der Waals surface area (Å²) in [7, 11) is 3.72. The van der Waals surface area contributed by atoms with E-state index in [4.69, 9.17) is 4.74 Å².